The van der Waals surface area contributed by atoms with Gasteiger partial charge in [0.25, 0.3) is 0 Å². The molecule has 0 amide bonds. The highest BCUT2D eigenvalue weighted by molar-refractivity contribution is 5.92. The Morgan fingerprint density at radius 2 is 1.35 bits per heavy atom. The fourth-order valence-corrected chi connectivity index (χ4v) is 1.30. The lowest BCUT2D eigenvalue weighted by Crippen LogP contribution is -2.05. The molecule has 6 nitrogen and oxygen atoms in total. The molecule has 124 valence electrons. The molecule has 0 radical (unpaired) electrons. The highest BCUT2D eigenvalue weighted by Crippen LogP contribution is 2.16. The van der Waals surface area contributed by atoms with Crippen LogP contribution in [0.15, 0.2) is 60.7 Å². The van der Waals surface area contributed by atoms with Crippen molar-refractivity contribution in [2.24, 2.45) is 0 Å². The first-order valence-electron chi connectivity index (χ1n) is 6.86. The van der Waals surface area contributed by atoms with Gasteiger partial charge in [0.1, 0.15) is 11.3 Å². The lowest BCUT2D eigenvalue weighted by atomic mass is 10.2. The van der Waals surface area contributed by atoms with Gasteiger partial charge in [0.05, 0.1) is 6.61 Å². The van der Waals surface area contributed by atoms with Crippen LogP contribution in [0.4, 0.5) is 4.79 Å². The number of para-hydroxylation sites is 1. The fourth-order valence-electron chi connectivity index (χ4n) is 1.30. The van der Waals surface area contributed by atoms with Crippen LogP contribution in [-0.2, 0) is 4.74 Å². The Morgan fingerprint density at radius 1 is 0.913 bits per heavy atom. The first-order valence-corrected chi connectivity index (χ1v) is 6.86. The SMILES string of the molecule is CCCOC(=O)c1ccccc1O.O=C(O)O.c1ccccc1. The third-order valence-electron chi connectivity index (χ3n) is 2.23. The maximum absolute atomic E-state index is 11.2. The van der Waals surface area contributed by atoms with Gasteiger partial charge in [0.15, 0.2) is 0 Å². The number of hydrogen-bond donors (Lipinski definition) is 3. The molecule has 0 saturated carbocycles. The number of esters is 1. The number of rotatable bonds is 3. The second-order valence-electron chi connectivity index (χ2n) is 4.09. The molecule has 0 heterocycles. The third kappa shape index (κ3) is 11.3. The molecule has 0 aliphatic heterocycles. The molecule has 2 aromatic carbocycles. The van der Waals surface area contributed by atoms with E-state index in [9.17, 15) is 9.90 Å². The predicted octanol–water partition coefficient (Wildman–Crippen LogP) is 3.87. The molecule has 0 atom stereocenters. The average Bonchev–Trinajstić information content (AvgIpc) is 2.55. The smallest absolute Gasteiger partial charge is 0.503 e. The molecule has 3 N–H and O–H groups in total. The van der Waals surface area contributed by atoms with Crippen molar-refractivity contribution in [1.29, 1.82) is 0 Å². The van der Waals surface area contributed by atoms with Crippen LogP contribution in [0, 0.1) is 0 Å². The molecule has 2 aromatic rings. The number of phenols is 1. The zero-order valence-corrected chi connectivity index (χ0v) is 12.8. The quantitative estimate of drug-likeness (QED) is 0.742. The van der Waals surface area contributed by atoms with Gasteiger partial charge in [-0.2, -0.15) is 0 Å². The average molecular weight is 320 g/mol. The van der Waals surface area contributed by atoms with E-state index in [1.165, 1.54) is 12.1 Å². The van der Waals surface area contributed by atoms with E-state index in [0.29, 0.717) is 6.61 Å². The summed E-state index contributed by atoms with van der Waals surface area (Å²) in [6.07, 6.45) is -1.06. The maximum atomic E-state index is 11.2. The number of hydrogen-bond acceptors (Lipinski definition) is 4. The number of carbonyl (C=O) groups is 2. The van der Waals surface area contributed by atoms with Gasteiger partial charge in [-0.1, -0.05) is 55.5 Å². The minimum Gasteiger partial charge on any atom is -0.507 e. The molecule has 0 aliphatic rings. The van der Waals surface area contributed by atoms with Crippen LogP contribution in [0.1, 0.15) is 23.7 Å². The molecule has 0 unspecified atom stereocenters. The molecule has 0 fully saturated rings. The van der Waals surface area contributed by atoms with Crippen molar-refractivity contribution in [3.8, 4) is 5.75 Å². The fraction of sp³-hybridized carbons (Fsp3) is 0.176. The topological polar surface area (TPSA) is 104 Å². The van der Waals surface area contributed by atoms with E-state index in [-0.39, 0.29) is 11.3 Å². The summed E-state index contributed by atoms with van der Waals surface area (Å²) in [4.78, 5) is 19.8. The molecule has 0 aromatic heterocycles. The molecule has 0 aliphatic carbocycles. The summed E-state index contributed by atoms with van der Waals surface area (Å²) in [7, 11) is 0. The molecular formula is C17H20O6. The Morgan fingerprint density at radius 3 is 1.74 bits per heavy atom. The molecule has 0 spiro atoms. The van der Waals surface area contributed by atoms with Gasteiger partial charge in [-0.25, -0.2) is 9.59 Å². The monoisotopic (exact) mass is 320 g/mol. The second-order valence-corrected chi connectivity index (χ2v) is 4.09. The molecule has 0 saturated heterocycles. The van der Waals surface area contributed by atoms with Crippen LogP contribution in [0.25, 0.3) is 0 Å². The summed E-state index contributed by atoms with van der Waals surface area (Å²) < 4.78 is 4.86. The third-order valence-corrected chi connectivity index (χ3v) is 2.23. The Balaban J connectivity index is 0.000000398. The Bertz CT molecular complexity index is 538. The number of benzene rings is 2. The number of ether oxygens (including phenoxy) is 1. The zero-order chi connectivity index (χ0) is 17.5. The van der Waals surface area contributed by atoms with Gasteiger partial charge in [0, 0.05) is 0 Å². The first kappa shape index (κ1) is 20.0. The summed E-state index contributed by atoms with van der Waals surface area (Å²) >= 11 is 0. The summed E-state index contributed by atoms with van der Waals surface area (Å²) in [5.41, 5.74) is 0.218. The zero-order valence-electron chi connectivity index (χ0n) is 12.8. The van der Waals surface area contributed by atoms with E-state index < -0.39 is 12.1 Å². The van der Waals surface area contributed by atoms with Crippen LogP contribution in [0.5, 0.6) is 5.75 Å². The minimum atomic E-state index is -1.83. The van der Waals surface area contributed by atoms with Gasteiger partial charge in [-0.3, -0.25) is 0 Å². The van der Waals surface area contributed by atoms with Gasteiger partial charge < -0.3 is 20.1 Å². The summed E-state index contributed by atoms with van der Waals surface area (Å²) in [5.74, 6) is -0.511. The van der Waals surface area contributed by atoms with Crippen LogP contribution >= 0.6 is 0 Å². The standard InChI is InChI=1S/C10H12O3.C6H6.CH2O3/c1-2-7-13-10(12)8-5-3-4-6-9(8)11;1-2-4-6-5-3-1;2-1(3)4/h3-6,11H,2,7H2,1H3;1-6H;(H2,2,3,4). The van der Waals surface area contributed by atoms with Crippen molar-refractivity contribution in [3.05, 3.63) is 66.2 Å². The number of aromatic hydroxyl groups is 1. The molecule has 6 heteroatoms. The lowest BCUT2D eigenvalue weighted by Gasteiger charge is -2.03. The van der Waals surface area contributed by atoms with Crippen molar-refractivity contribution in [3.63, 3.8) is 0 Å². The summed E-state index contributed by atoms with van der Waals surface area (Å²) in [5, 5.41) is 23.2. The summed E-state index contributed by atoms with van der Waals surface area (Å²) in [6, 6.07) is 18.3. The number of phenolic OH excluding ortho intramolecular Hbond substituents is 1. The number of carboxylic acid groups (broad SMARTS) is 2. The van der Waals surface area contributed by atoms with Crippen LogP contribution < -0.4 is 0 Å². The Hall–Kier alpha value is -3.02. The highest BCUT2D eigenvalue weighted by Gasteiger charge is 2.10. The lowest BCUT2D eigenvalue weighted by molar-refractivity contribution is 0.0501. The first-order chi connectivity index (χ1) is 11.0. The van der Waals surface area contributed by atoms with E-state index >= 15 is 0 Å². The predicted molar refractivity (Wildman–Crippen MR) is 85.8 cm³/mol. The van der Waals surface area contributed by atoms with Gasteiger partial charge in [-0.05, 0) is 18.6 Å². The van der Waals surface area contributed by atoms with Crippen molar-refractivity contribution in [2.45, 2.75) is 13.3 Å². The molecule has 2 rings (SSSR count). The largest absolute Gasteiger partial charge is 0.507 e. The second kappa shape index (κ2) is 12.7. The van der Waals surface area contributed by atoms with E-state index in [1.54, 1.807) is 12.1 Å². The van der Waals surface area contributed by atoms with E-state index in [4.69, 9.17) is 19.7 Å². The number of carbonyl (C=O) groups excluding carboxylic acids is 1. The van der Waals surface area contributed by atoms with Gasteiger partial charge in [-0.15, -0.1) is 0 Å². The van der Waals surface area contributed by atoms with Crippen molar-refractivity contribution in [2.75, 3.05) is 6.61 Å². The normalized spacial score (nSPS) is 8.57. The van der Waals surface area contributed by atoms with Gasteiger partial charge >= 0.3 is 12.1 Å². The van der Waals surface area contributed by atoms with E-state index in [1.807, 2.05) is 43.3 Å². The maximum Gasteiger partial charge on any atom is 0.503 e. The molecule has 23 heavy (non-hydrogen) atoms. The molecular weight excluding hydrogens is 300 g/mol. The van der Waals surface area contributed by atoms with Crippen LogP contribution in [0.2, 0.25) is 0 Å². The van der Waals surface area contributed by atoms with Crippen LogP contribution in [-0.4, -0.2) is 34.1 Å². The van der Waals surface area contributed by atoms with Gasteiger partial charge in [0.2, 0.25) is 0 Å². The minimum absolute atomic E-state index is 0.0383. The van der Waals surface area contributed by atoms with Crippen molar-refractivity contribution < 1.29 is 29.6 Å². The van der Waals surface area contributed by atoms with Crippen LogP contribution in [0.3, 0.4) is 0 Å². The molecule has 0 bridgehead atoms. The Kier molecular flexibility index (Phi) is 11.0. The Labute approximate surface area is 134 Å². The van der Waals surface area contributed by atoms with E-state index in [0.717, 1.165) is 6.42 Å². The van der Waals surface area contributed by atoms with Crippen molar-refractivity contribution in [1.82, 2.24) is 0 Å². The summed E-state index contributed by atoms with van der Waals surface area (Å²) in [6.45, 7) is 2.30. The van der Waals surface area contributed by atoms with Crippen molar-refractivity contribution >= 4 is 12.1 Å². The van der Waals surface area contributed by atoms with E-state index in [2.05, 4.69) is 0 Å². The highest BCUT2D eigenvalue weighted by atomic mass is 16.6.